The fourth-order valence-electron chi connectivity index (χ4n) is 3.42. The lowest BCUT2D eigenvalue weighted by atomic mass is 10.0. The number of rotatable bonds is 7. The Kier molecular flexibility index (Phi) is 6.53. The first kappa shape index (κ1) is 24.3. The number of carbonyl (C=O) groups excluding carboxylic acids is 1. The molecule has 0 atom stereocenters. The van der Waals surface area contributed by atoms with Gasteiger partial charge in [-0.25, -0.2) is 31.0 Å². The molecule has 0 aliphatic rings. The second-order valence-corrected chi connectivity index (χ2v) is 9.47. The van der Waals surface area contributed by atoms with E-state index in [2.05, 4.69) is 9.97 Å². The SMILES string of the molecule is CCCS(=O)(=O)Nc1cc(F)c(F)c(C(=O)c2ccc3ncc(-c4ccc(F)cc4)nc3c2)c1F. The van der Waals surface area contributed by atoms with Gasteiger partial charge in [0.2, 0.25) is 10.0 Å². The number of nitrogens with one attached hydrogen (secondary N) is 1. The molecule has 0 bridgehead atoms. The lowest BCUT2D eigenvalue weighted by molar-refractivity contribution is 0.103. The van der Waals surface area contributed by atoms with Crippen molar-refractivity contribution in [1.82, 2.24) is 9.97 Å². The Morgan fingerprint density at radius 1 is 0.943 bits per heavy atom. The number of anilines is 1. The summed E-state index contributed by atoms with van der Waals surface area (Å²) in [6.45, 7) is 1.57. The molecule has 3 aromatic carbocycles. The standard InChI is InChI=1S/C24H17F4N3O3S/c1-2-9-35(33,34)31-19-11-16(26)22(27)21(23(19)28)24(32)14-5-8-17-18(10-14)30-20(12-29-17)13-3-6-15(25)7-4-13/h3-8,10-12,31H,2,9H2,1H3. The maximum absolute atomic E-state index is 15.0. The van der Waals surface area contributed by atoms with Gasteiger partial charge < -0.3 is 0 Å². The summed E-state index contributed by atoms with van der Waals surface area (Å²) in [4.78, 5) is 21.6. The number of ketones is 1. The van der Waals surface area contributed by atoms with Gasteiger partial charge in [0.25, 0.3) is 0 Å². The number of nitrogens with zero attached hydrogens (tertiary/aromatic N) is 2. The van der Waals surface area contributed by atoms with Gasteiger partial charge in [-0.05, 0) is 48.9 Å². The van der Waals surface area contributed by atoms with E-state index in [0.29, 0.717) is 22.8 Å². The molecule has 0 aliphatic carbocycles. The quantitative estimate of drug-likeness (QED) is 0.212. The number of hydrogen-bond donors (Lipinski definition) is 1. The van der Waals surface area contributed by atoms with Crippen LogP contribution in [0.25, 0.3) is 22.3 Å². The largest absolute Gasteiger partial charge is 0.288 e. The predicted octanol–water partition coefficient (Wildman–Crippen LogP) is 5.24. The number of aromatic nitrogens is 2. The molecule has 35 heavy (non-hydrogen) atoms. The molecule has 0 amide bonds. The van der Waals surface area contributed by atoms with E-state index in [9.17, 15) is 26.4 Å². The number of sulfonamides is 1. The summed E-state index contributed by atoms with van der Waals surface area (Å²) in [6, 6.07) is 9.65. The molecule has 11 heteroatoms. The Labute approximate surface area is 197 Å². The molecular formula is C24H17F4N3O3S. The van der Waals surface area contributed by atoms with E-state index in [0.717, 1.165) is 0 Å². The summed E-state index contributed by atoms with van der Waals surface area (Å²) in [7, 11) is -4.04. The first-order valence-corrected chi connectivity index (χ1v) is 12.0. The zero-order chi connectivity index (χ0) is 25.3. The van der Waals surface area contributed by atoms with E-state index in [4.69, 9.17) is 0 Å². The van der Waals surface area contributed by atoms with Crippen molar-refractivity contribution in [2.24, 2.45) is 0 Å². The molecule has 0 radical (unpaired) electrons. The van der Waals surface area contributed by atoms with E-state index in [1.54, 1.807) is 6.92 Å². The molecule has 0 aliphatic heterocycles. The van der Waals surface area contributed by atoms with E-state index in [1.165, 1.54) is 48.7 Å². The topological polar surface area (TPSA) is 89.0 Å². The van der Waals surface area contributed by atoms with Crippen molar-refractivity contribution in [3.63, 3.8) is 0 Å². The van der Waals surface area contributed by atoms with Gasteiger partial charge >= 0.3 is 0 Å². The second kappa shape index (κ2) is 9.41. The zero-order valence-electron chi connectivity index (χ0n) is 18.1. The lowest BCUT2D eigenvalue weighted by Crippen LogP contribution is -2.19. The Morgan fingerprint density at radius 3 is 2.34 bits per heavy atom. The predicted molar refractivity (Wildman–Crippen MR) is 122 cm³/mol. The van der Waals surface area contributed by atoms with Crippen molar-refractivity contribution < 1.29 is 30.8 Å². The molecule has 0 unspecified atom stereocenters. The van der Waals surface area contributed by atoms with Crippen LogP contribution >= 0.6 is 0 Å². The van der Waals surface area contributed by atoms with Crippen molar-refractivity contribution >= 4 is 32.5 Å². The zero-order valence-corrected chi connectivity index (χ0v) is 19.0. The van der Waals surface area contributed by atoms with E-state index in [-0.39, 0.29) is 23.3 Å². The molecule has 4 aromatic rings. The second-order valence-electron chi connectivity index (χ2n) is 7.62. The molecule has 0 saturated carbocycles. The molecule has 1 N–H and O–H groups in total. The smallest absolute Gasteiger partial charge is 0.232 e. The fourth-order valence-corrected chi connectivity index (χ4v) is 4.54. The van der Waals surface area contributed by atoms with Gasteiger partial charge in [-0.15, -0.1) is 0 Å². The summed E-state index contributed by atoms with van der Waals surface area (Å²) in [5.41, 5.74) is -0.893. The summed E-state index contributed by atoms with van der Waals surface area (Å²) in [6.07, 6.45) is 1.64. The average molecular weight is 503 g/mol. The first-order chi connectivity index (χ1) is 16.6. The van der Waals surface area contributed by atoms with Crippen molar-refractivity contribution in [3.05, 3.63) is 89.1 Å². The summed E-state index contributed by atoms with van der Waals surface area (Å²) in [5.74, 6) is -6.92. The highest BCUT2D eigenvalue weighted by atomic mass is 32.2. The summed E-state index contributed by atoms with van der Waals surface area (Å²) in [5, 5.41) is 0. The number of benzene rings is 3. The number of carbonyl (C=O) groups is 1. The Morgan fingerprint density at radius 2 is 1.66 bits per heavy atom. The molecule has 4 rings (SSSR count). The number of halogens is 4. The van der Waals surface area contributed by atoms with Crippen molar-refractivity contribution in [3.8, 4) is 11.3 Å². The normalized spacial score (nSPS) is 11.6. The van der Waals surface area contributed by atoms with Gasteiger partial charge in [-0.2, -0.15) is 0 Å². The van der Waals surface area contributed by atoms with Gasteiger partial charge in [-0.1, -0.05) is 6.92 Å². The highest BCUT2D eigenvalue weighted by Gasteiger charge is 2.27. The maximum Gasteiger partial charge on any atom is 0.232 e. The maximum atomic E-state index is 15.0. The Bertz CT molecular complexity index is 1560. The van der Waals surface area contributed by atoms with Gasteiger partial charge in [0.05, 0.1) is 39.9 Å². The molecule has 6 nitrogen and oxygen atoms in total. The van der Waals surface area contributed by atoms with Gasteiger partial charge in [0.15, 0.2) is 23.2 Å². The van der Waals surface area contributed by atoms with Gasteiger partial charge in [0.1, 0.15) is 5.82 Å². The monoisotopic (exact) mass is 503 g/mol. The van der Waals surface area contributed by atoms with Gasteiger partial charge in [0, 0.05) is 17.2 Å². The molecule has 1 aromatic heterocycles. The third kappa shape index (κ3) is 4.99. The third-order valence-corrected chi connectivity index (χ3v) is 6.54. The average Bonchev–Trinajstić information content (AvgIpc) is 2.82. The molecular weight excluding hydrogens is 486 g/mol. The van der Waals surface area contributed by atoms with E-state index >= 15 is 4.39 Å². The van der Waals surface area contributed by atoms with Crippen LogP contribution in [0.15, 0.2) is 54.7 Å². The van der Waals surface area contributed by atoms with Crippen LogP contribution in [-0.2, 0) is 10.0 Å². The minimum Gasteiger partial charge on any atom is -0.288 e. The Hall–Kier alpha value is -3.86. The minimum absolute atomic E-state index is 0.193. The summed E-state index contributed by atoms with van der Waals surface area (Å²) >= 11 is 0. The molecule has 0 spiro atoms. The van der Waals surface area contributed by atoms with Crippen molar-refractivity contribution in [2.75, 3.05) is 10.5 Å². The van der Waals surface area contributed by atoms with Crippen LogP contribution < -0.4 is 4.72 Å². The lowest BCUT2D eigenvalue weighted by Gasteiger charge is -2.12. The third-order valence-electron chi connectivity index (χ3n) is 5.07. The van der Waals surface area contributed by atoms with Crippen LogP contribution in [0.3, 0.4) is 0 Å². The number of fused-ring (bicyclic) bond motifs is 1. The van der Waals surface area contributed by atoms with E-state index in [1.807, 2.05) is 4.72 Å². The van der Waals surface area contributed by atoms with Crippen LogP contribution in [0.1, 0.15) is 29.3 Å². The highest BCUT2D eigenvalue weighted by molar-refractivity contribution is 7.92. The van der Waals surface area contributed by atoms with Crippen LogP contribution in [0.5, 0.6) is 0 Å². The minimum atomic E-state index is -4.04. The fraction of sp³-hybridized carbons (Fsp3) is 0.125. The van der Waals surface area contributed by atoms with Crippen LogP contribution in [0, 0.1) is 23.3 Å². The van der Waals surface area contributed by atoms with Crippen LogP contribution in [-0.4, -0.2) is 29.9 Å². The molecule has 180 valence electrons. The molecule has 1 heterocycles. The van der Waals surface area contributed by atoms with Crippen molar-refractivity contribution in [1.29, 1.82) is 0 Å². The molecule has 0 saturated heterocycles. The van der Waals surface area contributed by atoms with Crippen molar-refractivity contribution in [2.45, 2.75) is 13.3 Å². The highest BCUT2D eigenvalue weighted by Crippen LogP contribution is 2.28. The molecule has 0 fully saturated rings. The van der Waals surface area contributed by atoms with Crippen LogP contribution in [0.2, 0.25) is 0 Å². The summed E-state index contributed by atoms with van der Waals surface area (Å²) < 4.78 is 82.8. The Balaban J connectivity index is 1.77. The van der Waals surface area contributed by atoms with E-state index < -0.39 is 50.3 Å². The first-order valence-electron chi connectivity index (χ1n) is 10.3. The van der Waals surface area contributed by atoms with Crippen LogP contribution in [0.4, 0.5) is 23.2 Å². The number of hydrogen-bond acceptors (Lipinski definition) is 5. The van der Waals surface area contributed by atoms with Gasteiger partial charge in [-0.3, -0.25) is 14.5 Å².